The van der Waals surface area contributed by atoms with Gasteiger partial charge >= 0.3 is 11.9 Å². The zero-order chi connectivity index (χ0) is 46.8. The number of hydrogen-bond acceptors (Lipinski definition) is 11. The summed E-state index contributed by atoms with van der Waals surface area (Å²) >= 11 is 1.04. The minimum atomic E-state index is -2.38. The van der Waals surface area contributed by atoms with Crippen LogP contribution in [-0.2, 0) is 49.6 Å². The monoisotopic (exact) mass is 913 g/mol. The summed E-state index contributed by atoms with van der Waals surface area (Å²) in [5.41, 5.74) is 2.21. The van der Waals surface area contributed by atoms with Crippen molar-refractivity contribution in [3.8, 4) is 0 Å². The van der Waals surface area contributed by atoms with Gasteiger partial charge in [-0.25, -0.2) is 4.79 Å². The number of para-hydroxylation sites is 2. The molecule has 7 amide bonds. The van der Waals surface area contributed by atoms with E-state index in [1.165, 1.54) is 11.0 Å². The smallest absolute Gasteiger partial charge is 0.336 e. The van der Waals surface area contributed by atoms with Crippen LogP contribution in [-0.4, -0.2) is 130 Å². The molecule has 6 unspecified atom stereocenters. The number of amides is 7. The third-order valence-electron chi connectivity index (χ3n) is 11.0. The molecule has 2 aliphatic rings. The first-order valence-corrected chi connectivity index (χ1v) is 21.9. The van der Waals surface area contributed by atoms with Gasteiger partial charge in [0.1, 0.15) is 30.2 Å². The van der Waals surface area contributed by atoms with Gasteiger partial charge in [-0.3, -0.25) is 38.4 Å². The van der Waals surface area contributed by atoms with E-state index < -0.39 is 102 Å². The predicted octanol–water partition coefficient (Wildman–Crippen LogP) is 0.411. The molecule has 2 saturated heterocycles. The van der Waals surface area contributed by atoms with Crippen LogP contribution in [0, 0.1) is 5.92 Å². The Morgan fingerprint density at radius 1 is 0.662 bits per heavy atom. The number of nitrogens with zero attached hydrogens (tertiary/aromatic N) is 2. The first-order chi connectivity index (χ1) is 31.1. The van der Waals surface area contributed by atoms with Crippen molar-refractivity contribution in [1.29, 1.82) is 0 Å². The van der Waals surface area contributed by atoms with Crippen LogP contribution < -0.4 is 36.8 Å². The van der Waals surface area contributed by atoms with Crippen LogP contribution in [0.5, 0.6) is 0 Å². The van der Waals surface area contributed by atoms with Crippen LogP contribution >= 0.6 is 11.3 Å². The van der Waals surface area contributed by atoms with Crippen LogP contribution in [0.25, 0.3) is 10.9 Å². The van der Waals surface area contributed by atoms with Gasteiger partial charge in [-0.2, -0.15) is 0 Å². The minimum Gasteiger partial charge on any atom is -0.481 e. The van der Waals surface area contributed by atoms with Crippen molar-refractivity contribution in [3.63, 3.8) is 0 Å². The Hall–Kier alpha value is -7.29. The Balaban J connectivity index is 1.36. The summed E-state index contributed by atoms with van der Waals surface area (Å²) in [5, 5.41) is 36.9. The van der Waals surface area contributed by atoms with E-state index in [4.69, 9.17) is 0 Å². The van der Waals surface area contributed by atoms with Gasteiger partial charge in [0.25, 0.3) is 5.91 Å². The van der Waals surface area contributed by atoms with Gasteiger partial charge < -0.3 is 56.9 Å². The quantitative estimate of drug-likeness (QED) is 0.0926. The standard InChI is InChI=1S/C44H51N9O11S/c1-24(2)19-29-38(57)46-30(20-25-23-45-28-12-7-6-11-27(25)28)39(58)48-32(22-35(55)56)40(59)47-31(21-34(54)53-16-14-52(15-17-53)26-9-4-3-5-10-26)41(60)51-37(44(63)64)43(62)50-36(42(61)49-29)33-13-8-18-65-33/h3-13,18,23-24,29-32,36-37,45H,14-17,19-22H2,1-2H3,(H,46,57)(H,47,59)(H,48,58)(H,49,61)(H,50,62)(H,51,60)(H,55,56)(H,63,64). The molecule has 9 N–H and O–H groups in total. The highest BCUT2D eigenvalue weighted by molar-refractivity contribution is 7.10. The number of carboxylic acid groups (broad SMARTS) is 2. The minimum absolute atomic E-state index is 0.0325. The molecule has 2 fully saturated rings. The van der Waals surface area contributed by atoms with Crippen molar-refractivity contribution >= 4 is 81.2 Å². The highest BCUT2D eigenvalue weighted by Gasteiger charge is 2.39. The first-order valence-electron chi connectivity index (χ1n) is 21.0. The SMILES string of the molecule is CC(C)CC1NC(=O)C(c2cccs2)NC(=O)C(C(=O)O)NC(=O)C(CC(=O)N2CCN(c3ccccc3)CC2)NC(=O)C(CC(=O)O)NC(=O)C(Cc2c[nH]c3ccccc23)NC1=O. The van der Waals surface area contributed by atoms with E-state index in [1.807, 2.05) is 35.2 Å². The Bertz CT molecular complexity index is 2400. The third kappa shape index (κ3) is 12.3. The van der Waals surface area contributed by atoms with E-state index in [0.717, 1.165) is 17.0 Å². The summed E-state index contributed by atoms with van der Waals surface area (Å²) in [5.74, 6) is -10.9. The second-order valence-corrected chi connectivity index (χ2v) is 17.2. The lowest BCUT2D eigenvalue weighted by atomic mass is 10.00. The fourth-order valence-electron chi connectivity index (χ4n) is 7.68. The average molecular weight is 914 g/mol. The fraction of sp³-hybridized carbons (Fsp3) is 0.386. The normalized spacial score (nSPS) is 23.0. The van der Waals surface area contributed by atoms with Crippen molar-refractivity contribution in [2.45, 2.75) is 75.8 Å². The predicted molar refractivity (Wildman–Crippen MR) is 236 cm³/mol. The molecule has 2 aliphatic heterocycles. The van der Waals surface area contributed by atoms with E-state index in [1.54, 1.807) is 55.8 Å². The number of piperazine rings is 1. The highest BCUT2D eigenvalue weighted by Crippen LogP contribution is 2.23. The molecular formula is C44H51N9O11S. The van der Waals surface area contributed by atoms with Gasteiger partial charge in [-0.1, -0.05) is 56.3 Å². The number of fused-ring (bicyclic) bond motifs is 1. The lowest BCUT2D eigenvalue weighted by molar-refractivity contribution is -0.148. The van der Waals surface area contributed by atoms with Gasteiger partial charge in [-0.15, -0.1) is 11.3 Å². The van der Waals surface area contributed by atoms with Crippen LogP contribution in [0.2, 0.25) is 0 Å². The number of carboxylic acids is 2. The molecule has 0 spiro atoms. The molecule has 6 atom stereocenters. The summed E-state index contributed by atoms with van der Waals surface area (Å²) in [6, 6.07) is 9.11. The Kier molecular flexibility index (Phi) is 15.5. The number of rotatable bonds is 11. The topological polar surface area (TPSA) is 289 Å². The second kappa shape index (κ2) is 21.4. The summed E-state index contributed by atoms with van der Waals surface area (Å²) in [6.07, 6.45) is -0.296. The molecular weight excluding hydrogens is 863 g/mol. The van der Waals surface area contributed by atoms with Crippen LogP contribution in [0.4, 0.5) is 5.69 Å². The van der Waals surface area contributed by atoms with E-state index in [9.17, 15) is 53.4 Å². The van der Waals surface area contributed by atoms with Gasteiger partial charge in [0.2, 0.25) is 41.5 Å². The molecule has 65 heavy (non-hydrogen) atoms. The number of nitrogens with one attached hydrogen (secondary N) is 7. The van der Waals surface area contributed by atoms with Gasteiger partial charge in [0.15, 0.2) is 0 Å². The molecule has 0 radical (unpaired) electrons. The van der Waals surface area contributed by atoms with Crippen LogP contribution in [0.15, 0.2) is 78.3 Å². The van der Waals surface area contributed by atoms with Crippen molar-refractivity contribution in [2.75, 3.05) is 31.1 Å². The molecule has 6 rings (SSSR count). The molecule has 344 valence electrons. The summed E-state index contributed by atoms with van der Waals surface area (Å²) in [6.45, 7) is 4.81. The van der Waals surface area contributed by atoms with E-state index >= 15 is 0 Å². The van der Waals surface area contributed by atoms with Crippen LogP contribution in [0.1, 0.15) is 49.6 Å². The van der Waals surface area contributed by atoms with Gasteiger partial charge in [-0.05, 0) is 47.5 Å². The average Bonchev–Trinajstić information content (AvgIpc) is 3.96. The number of anilines is 1. The summed E-state index contributed by atoms with van der Waals surface area (Å²) in [7, 11) is 0. The van der Waals surface area contributed by atoms with E-state index in [0.29, 0.717) is 29.6 Å². The molecule has 4 heterocycles. The number of aliphatic carboxylic acids is 2. The Morgan fingerprint density at radius 3 is 1.91 bits per heavy atom. The molecule has 0 saturated carbocycles. The fourth-order valence-corrected chi connectivity index (χ4v) is 8.46. The maximum atomic E-state index is 14.3. The lowest BCUT2D eigenvalue weighted by Crippen LogP contribution is -2.62. The second-order valence-electron chi connectivity index (χ2n) is 16.2. The van der Waals surface area contributed by atoms with E-state index in [-0.39, 0.29) is 36.7 Å². The molecule has 0 bridgehead atoms. The molecule has 0 aliphatic carbocycles. The Morgan fingerprint density at radius 2 is 1.26 bits per heavy atom. The number of carbonyl (C=O) groups excluding carboxylic acids is 7. The van der Waals surface area contributed by atoms with E-state index in [2.05, 4.69) is 36.9 Å². The van der Waals surface area contributed by atoms with Crippen molar-refractivity contribution in [1.82, 2.24) is 41.8 Å². The Labute approximate surface area is 376 Å². The zero-order valence-electron chi connectivity index (χ0n) is 35.6. The van der Waals surface area contributed by atoms with Crippen LogP contribution in [0.3, 0.4) is 0 Å². The van der Waals surface area contributed by atoms with Gasteiger partial charge in [0.05, 0.1) is 12.8 Å². The molecule has 20 nitrogen and oxygen atoms in total. The number of benzene rings is 2. The van der Waals surface area contributed by atoms with Crippen molar-refractivity contribution in [3.05, 3.63) is 88.7 Å². The molecule has 21 heteroatoms. The highest BCUT2D eigenvalue weighted by atomic mass is 32.1. The zero-order valence-corrected chi connectivity index (χ0v) is 36.4. The van der Waals surface area contributed by atoms with Gasteiger partial charge in [0, 0.05) is 60.3 Å². The largest absolute Gasteiger partial charge is 0.481 e. The lowest BCUT2D eigenvalue weighted by Gasteiger charge is -2.36. The summed E-state index contributed by atoms with van der Waals surface area (Å²) < 4.78 is 0. The maximum absolute atomic E-state index is 14.3. The summed E-state index contributed by atoms with van der Waals surface area (Å²) in [4.78, 5) is 130. The number of thiophene rings is 1. The van der Waals surface area contributed by atoms with Crippen molar-refractivity contribution < 1.29 is 53.4 Å². The number of carbonyl (C=O) groups is 9. The third-order valence-corrected chi connectivity index (χ3v) is 12.0. The number of aromatic nitrogens is 1. The molecule has 4 aromatic rings. The van der Waals surface area contributed by atoms with Crippen molar-refractivity contribution in [2.24, 2.45) is 5.92 Å². The number of aromatic amines is 1. The molecule has 2 aromatic carbocycles. The first kappa shape index (κ1) is 47.2. The molecule has 2 aromatic heterocycles. The maximum Gasteiger partial charge on any atom is 0.336 e. The number of H-pyrrole nitrogens is 1. The number of hydrogen-bond donors (Lipinski definition) is 9.